The second kappa shape index (κ2) is 8.55. The molecule has 2 aliphatic rings. The Morgan fingerprint density at radius 3 is 2.60 bits per heavy atom. The maximum atomic E-state index is 13.0. The summed E-state index contributed by atoms with van der Waals surface area (Å²) in [5.74, 6) is 1.93. The van der Waals surface area contributed by atoms with E-state index in [1.807, 2.05) is 18.2 Å². The fraction of sp³-hybridized carbons (Fsp3) is 0.409. The van der Waals surface area contributed by atoms with Gasteiger partial charge in [-0.05, 0) is 37.3 Å². The van der Waals surface area contributed by atoms with Crippen molar-refractivity contribution in [1.82, 2.24) is 15.3 Å². The van der Waals surface area contributed by atoms with Gasteiger partial charge in [0.1, 0.15) is 17.1 Å². The number of benzene rings is 1. The van der Waals surface area contributed by atoms with E-state index in [2.05, 4.69) is 15.3 Å². The van der Waals surface area contributed by atoms with E-state index >= 15 is 0 Å². The average Bonchev–Trinajstić information content (AvgIpc) is 3.61. The molecule has 1 aromatic heterocycles. The van der Waals surface area contributed by atoms with Gasteiger partial charge >= 0.3 is 0 Å². The molecule has 1 atom stereocenters. The van der Waals surface area contributed by atoms with Crippen LogP contribution in [0.15, 0.2) is 48.0 Å². The number of amides is 1. The summed E-state index contributed by atoms with van der Waals surface area (Å²) in [7, 11) is -3.27. The van der Waals surface area contributed by atoms with E-state index in [0.717, 1.165) is 37.3 Å². The number of rotatable bonds is 9. The van der Waals surface area contributed by atoms with E-state index in [4.69, 9.17) is 4.74 Å². The van der Waals surface area contributed by atoms with Crippen molar-refractivity contribution in [1.29, 1.82) is 0 Å². The van der Waals surface area contributed by atoms with Gasteiger partial charge in [-0.15, -0.1) is 0 Å². The maximum absolute atomic E-state index is 13.0. The van der Waals surface area contributed by atoms with Crippen LogP contribution in [0.3, 0.4) is 0 Å². The van der Waals surface area contributed by atoms with E-state index in [-0.39, 0.29) is 23.4 Å². The lowest BCUT2D eigenvalue weighted by molar-refractivity contribution is 0.0938. The van der Waals surface area contributed by atoms with Gasteiger partial charge in [0.2, 0.25) is 5.88 Å². The highest BCUT2D eigenvalue weighted by Crippen LogP contribution is 2.39. The summed E-state index contributed by atoms with van der Waals surface area (Å²) in [6.45, 7) is 0. The second-order valence-electron chi connectivity index (χ2n) is 8.05. The van der Waals surface area contributed by atoms with Gasteiger partial charge in [0.05, 0.1) is 0 Å². The standard InChI is InChI=1S/C22H25N3O4S/c1-30(27,28)12-11-17(13-15-7-8-15)24-21(26)19-14-23-20(16-9-10-16)25-22(19)29-18-5-3-2-4-6-18/h2-6,11-12,14-17H,7-10,13H2,1H3,(H,24,26)/b12-11+/t17-/m1/s1. The first-order valence-corrected chi connectivity index (χ1v) is 12.1. The van der Waals surface area contributed by atoms with Crippen molar-refractivity contribution >= 4 is 15.7 Å². The lowest BCUT2D eigenvalue weighted by Crippen LogP contribution is -2.34. The Morgan fingerprint density at radius 1 is 1.23 bits per heavy atom. The molecule has 1 amide bonds. The van der Waals surface area contributed by atoms with E-state index in [0.29, 0.717) is 29.8 Å². The zero-order valence-corrected chi connectivity index (χ0v) is 17.6. The Labute approximate surface area is 176 Å². The Morgan fingerprint density at radius 2 is 1.97 bits per heavy atom. The molecule has 1 heterocycles. The number of nitrogens with zero attached hydrogens (tertiary/aromatic N) is 2. The maximum Gasteiger partial charge on any atom is 0.258 e. The van der Waals surface area contributed by atoms with Gasteiger partial charge in [-0.2, -0.15) is 4.98 Å². The second-order valence-corrected chi connectivity index (χ2v) is 9.98. The predicted molar refractivity (Wildman–Crippen MR) is 113 cm³/mol. The van der Waals surface area contributed by atoms with Crippen LogP contribution in [0.5, 0.6) is 11.6 Å². The van der Waals surface area contributed by atoms with E-state index in [1.165, 1.54) is 6.20 Å². The molecule has 0 aliphatic heterocycles. The Kier molecular flexibility index (Phi) is 5.85. The number of hydrogen-bond donors (Lipinski definition) is 1. The molecule has 30 heavy (non-hydrogen) atoms. The monoisotopic (exact) mass is 427 g/mol. The molecule has 2 saturated carbocycles. The van der Waals surface area contributed by atoms with Crippen molar-refractivity contribution < 1.29 is 17.9 Å². The Hall–Kier alpha value is -2.74. The zero-order valence-electron chi connectivity index (χ0n) is 16.8. The van der Waals surface area contributed by atoms with Crippen LogP contribution >= 0.6 is 0 Å². The molecule has 1 aromatic carbocycles. The molecule has 4 rings (SSSR count). The Bertz CT molecular complexity index is 1050. The molecule has 2 fully saturated rings. The highest BCUT2D eigenvalue weighted by Gasteiger charge is 2.30. The molecular formula is C22H25N3O4S. The number of carbonyl (C=O) groups is 1. The molecule has 158 valence electrons. The van der Waals surface area contributed by atoms with Crippen LogP contribution in [0.4, 0.5) is 0 Å². The molecule has 1 N–H and O–H groups in total. The van der Waals surface area contributed by atoms with Crippen molar-refractivity contribution in [3.05, 3.63) is 59.4 Å². The Balaban J connectivity index is 1.57. The molecule has 7 nitrogen and oxygen atoms in total. The molecule has 0 spiro atoms. The number of carbonyl (C=O) groups excluding carboxylic acids is 1. The van der Waals surface area contributed by atoms with Crippen molar-refractivity contribution in [3.8, 4) is 11.6 Å². The summed E-state index contributed by atoms with van der Waals surface area (Å²) in [5.41, 5.74) is 0.233. The highest BCUT2D eigenvalue weighted by molar-refractivity contribution is 7.93. The smallest absolute Gasteiger partial charge is 0.258 e. The number of sulfone groups is 1. The molecule has 0 unspecified atom stereocenters. The lowest BCUT2D eigenvalue weighted by Gasteiger charge is -2.16. The van der Waals surface area contributed by atoms with E-state index in [9.17, 15) is 13.2 Å². The molecule has 0 bridgehead atoms. The third-order valence-electron chi connectivity index (χ3n) is 5.08. The summed E-state index contributed by atoms with van der Waals surface area (Å²) in [6, 6.07) is 8.79. The summed E-state index contributed by atoms with van der Waals surface area (Å²) >= 11 is 0. The SMILES string of the molecule is CS(=O)(=O)/C=C/[C@H](CC1CC1)NC(=O)c1cnc(C2CC2)nc1Oc1ccccc1. The minimum atomic E-state index is -3.27. The summed E-state index contributed by atoms with van der Waals surface area (Å²) in [6.07, 6.45) is 9.16. The van der Waals surface area contributed by atoms with Gasteiger partial charge < -0.3 is 10.1 Å². The van der Waals surface area contributed by atoms with Gasteiger partial charge in [-0.25, -0.2) is 13.4 Å². The van der Waals surface area contributed by atoms with E-state index in [1.54, 1.807) is 18.2 Å². The van der Waals surface area contributed by atoms with Gasteiger partial charge in [-0.1, -0.05) is 37.1 Å². The van der Waals surface area contributed by atoms with Crippen molar-refractivity contribution in [3.63, 3.8) is 0 Å². The van der Waals surface area contributed by atoms with Gasteiger partial charge in [0.15, 0.2) is 9.84 Å². The quantitative estimate of drug-likeness (QED) is 0.657. The van der Waals surface area contributed by atoms with Crippen LogP contribution in [-0.2, 0) is 9.84 Å². The summed E-state index contributed by atoms with van der Waals surface area (Å²) in [5, 5.41) is 4.06. The lowest BCUT2D eigenvalue weighted by atomic mass is 10.1. The number of ether oxygens (including phenoxy) is 1. The molecule has 2 aromatic rings. The highest BCUT2D eigenvalue weighted by atomic mass is 32.2. The number of hydrogen-bond acceptors (Lipinski definition) is 6. The van der Waals surface area contributed by atoms with Crippen LogP contribution in [0.25, 0.3) is 0 Å². The summed E-state index contributed by atoms with van der Waals surface area (Å²) < 4.78 is 28.9. The van der Waals surface area contributed by atoms with Crippen molar-refractivity contribution in [2.75, 3.05) is 6.26 Å². The third kappa shape index (κ3) is 5.89. The number of aromatic nitrogens is 2. The minimum absolute atomic E-state index is 0.216. The predicted octanol–water partition coefficient (Wildman–Crippen LogP) is 3.60. The molecule has 0 saturated heterocycles. The van der Waals surface area contributed by atoms with Gasteiger partial charge in [0, 0.05) is 29.8 Å². The minimum Gasteiger partial charge on any atom is -0.438 e. The van der Waals surface area contributed by atoms with Gasteiger partial charge in [-0.3, -0.25) is 4.79 Å². The van der Waals surface area contributed by atoms with Gasteiger partial charge in [0.25, 0.3) is 5.91 Å². The van der Waals surface area contributed by atoms with Crippen LogP contribution in [0.1, 0.15) is 54.2 Å². The molecule has 2 aliphatic carbocycles. The van der Waals surface area contributed by atoms with E-state index < -0.39 is 9.84 Å². The molecular weight excluding hydrogens is 402 g/mol. The normalized spacial score (nSPS) is 17.6. The summed E-state index contributed by atoms with van der Waals surface area (Å²) in [4.78, 5) is 21.9. The van der Waals surface area contributed by atoms with Crippen LogP contribution < -0.4 is 10.1 Å². The van der Waals surface area contributed by atoms with Crippen LogP contribution in [0.2, 0.25) is 0 Å². The largest absolute Gasteiger partial charge is 0.438 e. The first-order valence-electron chi connectivity index (χ1n) is 10.2. The molecule has 8 heteroatoms. The van der Waals surface area contributed by atoms with Crippen LogP contribution in [0, 0.1) is 5.92 Å². The topological polar surface area (TPSA) is 98.2 Å². The average molecular weight is 428 g/mol. The first kappa shape index (κ1) is 20.5. The fourth-order valence-corrected chi connectivity index (χ4v) is 3.61. The van der Waals surface area contributed by atoms with Crippen LogP contribution in [-0.4, -0.2) is 36.6 Å². The van der Waals surface area contributed by atoms with Crippen molar-refractivity contribution in [2.45, 2.75) is 44.1 Å². The number of para-hydroxylation sites is 1. The third-order valence-corrected chi connectivity index (χ3v) is 5.73. The fourth-order valence-electron chi connectivity index (χ4n) is 3.13. The molecule has 0 radical (unpaired) electrons. The zero-order chi connectivity index (χ0) is 21.1. The first-order chi connectivity index (χ1) is 14.4. The number of nitrogens with one attached hydrogen (secondary N) is 1. The van der Waals surface area contributed by atoms with Crippen molar-refractivity contribution in [2.24, 2.45) is 5.92 Å².